The third-order valence-corrected chi connectivity index (χ3v) is 2.71. The van der Waals surface area contributed by atoms with Crippen LogP contribution in [0.15, 0.2) is 12.4 Å². The molecule has 0 fully saturated rings. The summed E-state index contributed by atoms with van der Waals surface area (Å²) in [5.41, 5.74) is 0.936. The van der Waals surface area contributed by atoms with E-state index < -0.39 is 0 Å². The molecule has 0 bridgehead atoms. The number of ether oxygens (including phenoxy) is 1. The summed E-state index contributed by atoms with van der Waals surface area (Å²) in [5, 5.41) is 7.52. The van der Waals surface area contributed by atoms with Gasteiger partial charge in [0.15, 0.2) is 0 Å². The summed E-state index contributed by atoms with van der Waals surface area (Å²) in [6.45, 7) is 7.77. The fraction of sp³-hybridized carbons (Fsp3) is 0.615. The summed E-state index contributed by atoms with van der Waals surface area (Å²) in [5.74, 6) is 1.57. The molecule has 0 saturated carbocycles. The Labute approximate surface area is 113 Å². The van der Waals surface area contributed by atoms with E-state index in [1.807, 2.05) is 13.0 Å². The van der Waals surface area contributed by atoms with Gasteiger partial charge >= 0.3 is 0 Å². The van der Waals surface area contributed by atoms with Crippen LogP contribution < -0.4 is 5.32 Å². The Morgan fingerprint density at radius 2 is 2.21 bits per heavy atom. The van der Waals surface area contributed by atoms with Crippen molar-refractivity contribution < 1.29 is 4.74 Å². The third kappa shape index (κ3) is 3.89. The number of aryl methyl sites for hydroxylation is 1. The third-order valence-electron chi connectivity index (χ3n) is 2.71. The van der Waals surface area contributed by atoms with Crippen molar-refractivity contribution in [3.05, 3.63) is 18.1 Å². The second-order valence-corrected chi connectivity index (χ2v) is 4.81. The van der Waals surface area contributed by atoms with Crippen LogP contribution in [0.3, 0.4) is 0 Å². The van der Waals surface area contributed by atoms with E-state index in [2.05, 4.69) is 34.2 Å². The van der Waals surface area contributed by atoms with Gasteiger partial charge < -0.3 is 10.1 Å². The second kappa shape index (κ2) is 6.47. The number of fused-ring (bicyclic) bond motifs is 1. The summed E-state index contributed by atoms with van der Waals surface area (Å²) in [6, 6.07) is 1.98. The molecular weight excluding hydrogens is 242 g/mol. The van der Waals surface area contributed by atoms with Crippen LogP contribution in [0.1, 0.15) is 32.4 Å². The number of anilines is 1. The van der Waals surface area contributed by atoms with Gasteiger partial charge in [-0.05, 0) is 33.6 Å². The van der Waals surface area contributed by atoms with E-state index in [9.17, 15) is 0 Å². The SMILES string of the molecule is Cc1cc(NCCCCOC(C)C)n2ncnc2n1. The highest BCUT2D eigenvalue weighted by Gasteiger charge is 2.04. The fourth-order valence-corrected chi connectivity index (χ4v) is 1.82. The number of hydrogen-bond donors (Lipinski definition) is 1. The smallest absolute Gasteiger partial charge is 0.254 e. The summed E-state index contributed by atoms with van der Waals surface area (Å²) in [7, 11) is 0. The first-order chi connectivity index (χ1) is 9.16. The summed E-state index contributed by atoms with van der Waals surface area (Å²) in [6.07, 6.45) is 3.94. The van der Waals surface area contributed by atoms with Crippen molar-refractivity contribution in [2.24, 2.45) is 0 Å². The first-order valence-corrected chi connectivity index (χ1v) is 6.69. The molecule has 0 atom stereocenters. The molecule has 0 aromatic carbocycles. The van der Waals surface area contributed by atoms with Gasteiger partial charge in [0.2, 0.25) is 0 Å². The van der Waals surface area contributed by atoms with Gasteiger partial charge in [-0.25, -0.2) is 4.98 Å². The number of hydrogen-bond acceptors (Lipinski definition) is 5. The molecule has 0 aliphatic heterocycles. The maximum atomic E-state index is 5.51. The number of unbranched alkanes of at least 4 members (excludes halogenated alkanes) is 1. The summed E-state index contributed by atoms with van der Waals surface area (Å²) in [4.78, 5) is 8.40. The first kappa shape index (κ1) is 13.7. The molecule has 2 aromatic rings. The zero-order valence-corrected chi connectivity index (χ0v) is 11.8. The molecule has 1 N–H and O–H groups in total. The van der Waals surface area contributed by atoms with E-state index >= 15 is 0 Å². The van der Waals surface area contributed by atoms with E-state index in [-0.39, 0.29) is 0 Å². The van der Waals surface area contributed by atoms with Gasteiger partial charge in [0.1, 0.15) is 12.1 Å². The Bertz CT molecular complexity index is 523. The molecular formula is C13H21N5O. The lowest BCUT2D eigenvalue weighted by molar-refractivity contribution is 0.0765. The number of rotatable bonds is 7. The molecule has 104 valence electrons. The van der Waals surface area contributed by atoms with Gasteiger partial charge in [-0.2, -0.15) is 14.6 Å². The molecule has 2 heterocycles. The number of nitrogens with one attached hydrogen (secondary N) is 1. The number of aromatic nitrogens is 4. The van der Waals surface area contributed by atoms with Crippen molar-refractivity contribution in [3.8, 4) is 0 Å². The molecule has 0 aliphatic carbocycles. The van der Waals surface area contributed by atoms with Gasteiger partial charge in [0.25, 0.3) is 5.78 Å². The lowest BCUT2D eigenvalue weighted by Crippen LogP contribution is -2.10. The maximum Gasteiger partial charge on any atom is 0.254 e. The van der Waals surface area contributed by atoms with Crippen LogP contribution >= 0.6 is 0 Å². The van der Waals surface area contributed by atoms with Gasteiger partial charge in [-0.15, -0.1) is 0 Å². The Balaban J connectivity index is 1.83. The highest BCUT2D eigenvalue weighted by Crippen LogP contribution is 2.10. The minimum atomic E-state index is 0.311. The molecule has 6 heteroatoms. The summed E-state index contributed by atoms with van der Waals surface area (Å²) >= 11 is 0. The predicted octanol–water partition coefficient (Wildman–Crippen LogP) is 2.05. The van der Waals surface area contributed by atoms with Crippen LogP contribution in [0.2, 0.25) is 0 Å². The molecule has 0 saturated heterocycles. The first-order valence-electron chi connectivity index (χ1n) is 6.69. The maximum absolute atomic E-state index is 5.51. The topological polar surface area (TPSA) is 64.3 Å². The highest BCUT2D eigenvalue weighted by atomic mass is 16.5. The lowest BCUT2D eigenvalue weighted by atomic mass is 10.3. The Kier molecular flexibility index (Phi) is 4.68. The van der Waals surface area contributed by atoms with Gasteiger partial charge in [-0.1, -0.05) is 0 Å². The monoisotopic (exact) mass is 263 g/mol. The normalized spacial score (nSPS) is 11.4. The molecule has 6 nitrogen and oxygen atoms in total. The predicted molar refractivity (Wildman–Crippen MR) is 74.3 cm³/mol. The van der Waals surface area contributed by atoms with E-state index in [0.29, 0.717) is 11.9 Å². The van der Waals surface area contributed by atoms with E-state index in [1.54, 1.807) is 4.52 Å². The lowest BCUT2D eigenvalue weighted by Gasteiger charge is -2.09. The second-order valence-electron chi connectivity index (χ2n) is 4.81. The van der Waals surface area contributed by atoms with E-state index in [4.69, 9.17) is 4.74 Å². The molecule has 0 unspecified atom stereocenters. The van der Waals surface area contributed by atoms with Crippen molar-refractivity contribution in [1.82, 2.24) is 19.6 Å². The average Bonchev–Trinajstić information content (AvgIpc) is 2.80. The zero-order valence-electron chi connectivity index (χ0n) is 11.8. The fourth-order valence-electron chi connectivity index (χ4n) is 1.82. The molecule has 0 radical (unpaired) electrons. The minimum Gasteiger partial charge on any atom is -0.379 e. The van der Waals surface area contributed by atoms with Gasteiger partial charge in [0.05, 0.1) is 6.10 Å². The molecule has 0 spiro atoms. The van der Waals surface area contributed by atoms with E-state index in [0.717, 1.165) is 37.5 Å². The number of nitrogens with zero attached hydrogens (tertiary/aromatic N) is 4. The van der Waals surface area contributed by atoms with Crippen LogP contribution in [0.4, 0.5) is 5.82 Å². The van der Waals surface area contributed by atoms with Crippen molar-refractivity contribution in [3.63, 3.8) is 0 Å². The standard InChI is InChI=1S/C13H21N5O/c1-10(2)19-7-5-4-6-14-12-8-11(3)17-13-15-9-16-18(12)13/h8-10,14H,4-7H2,1-3H3. The largest absolute Gasteiger partial charge is 0.379 e. The molecule has 2 rings (SSSR count). The van der Waals surface area contributed by atoms with Crippen LogP contribution in [0.25, 0.3) is 5.78 Å². The van der Waals surface area contributed by atoms with Crippen molar-refractivity contribution in [2.45, 2.75) is 39.7 Å². The van der Waals surface area contributed by atoms with Crippen molar-refractivity contribution in [2.75, 3.05) is 18.5 Å². The minimum absolute atomic E-state index is 0.311. The quantitative estimate of drug-likeness (QED) is 0.774. The van der Waals surface area contributed by atoms with Crippen molar-refractivity contribution in [1.29, 1.82) is 0 Å². The highest BCUT2D eigenvalue weighted by molar-refractivity contribution is 5.44. The Morgan fingerprint density at radius 3 is 3.00 bits per heavy atom. The van der Waals surface area contributed by atoms with Crippen LogP contribution in [0, 0.1) is 6.92 Å². The average molecular weight is 263 g/mol. The van der Waals surface area contributed by atoms with E-state index in [1.165, 1.54) is 6.33 Å². The molecule has 2 aromatic heterocycles. The zero-order chi connectivity index (χ0) is 13.7. The molecule has 19 heavy (non-hydrogen) atoms. The molecule has 0 aliphatic rings. The van der Waals surface area contributed by atoms with Crippen LogP contribution in [-0.4, -0.2) is 38.8 Å². The Hall–Kier alpha value is -1.69. The van der Waals surface area contributed by atoms with Gasteiger partial charge in [-0.3, -0.25) is 0 Å². The molecule has 0 amide bonds. The van der Waals surface area contributed by atoms with Crippen molar-refractivity contribution >= 4 is 11.6 Å². The van der Waals surface area contributed by atoms with Crippen LogP contribution in [-0.2, 0) is 4.74 Å². The van der Waals surface area contributed by atoms with Crippen LogP contribution in [0.5, 0.6) is 0 Å². The van der Waals surface area contributed by atoms with Gasteiger partial charge in [0, 0.05) is 24.9 Å². The Morgan fingerprint density at radius 1 is 1.37 bits per heavy atom. The summed E-state index contributed by atoms with van der Waals surface area (Å²) < 4.78 is 7.23.